The molecule has 0 amide bonds. The average Bonchev–Trinajstić information content (AvgIpc) is 2.82. The van der Waals surface area contributed by atoms with Gasteiger partial charge in [-0.15, -0.1) is 0 Å². The number of aromatic nitrogens is 2. The van der Waals surface area contributed by atoms with Crippen LogP contribution in [0.25, 0.3) is 0 Å². The van der Waals surface area contributed by atoms with Crippen molar-refractivity contribution in [2.75, 3.05) is 0 Å². The topological polar surface area (TPSA) is 107 Å². The van der Waals surface area contributed by atoms with E-state index >= 15 is 0 Å². The number of sulfonamides is 1. The first-order valence-corrected chi connectivity index (χ1v) is 7.58. The lowest BCUT2D eigenvalue weighted by atomic mass is 10.3. The SMILES string of the molecule is Cn1ccc(CNS(=O)(=O)c2cc([N+](=O)[O-])ccc2Cl)n1. The van der Waals surface area contributed by atoms with Gasteiger partial charge in [-0.25, -0.2) is 13.1 Å². The summed E-state index contributed by atoms with van der Waals surface area (Å²) in [6.07, 6.45) is 1.67. The molecular formula is C11H11ClN4O4S. The highest BCUT2D eigenvalue weighted by atomic mass is 35.5. The number of hydrogen-bond donors (Lipinski definition) is 1. The Morgan fingerprint density at radius 2 is 2.14 bits per heavy atom. The van der Waals surface area contributed by atoms with Crippen LogP contribution >= 0.6 is 11.6 Å². The van der Waals surface area contributed by atoms with Crippen LogP contribution in [0.15, 0.2) is 35.4 Å². The number of nitro benzene ring substituents is 1. The van der Waals surface area contributed by atoms with Crippen LogP contribution in [0.1, 0.15) is 5.69 Å². The third kappa shape index (κ3) is 3.57. The van der Waals surface area contributed by atoms with Crippen LogP contribution in [-0.2, 0) is 23.6 Å². The fraction of sp³-hybridized carbons (Fsp3) is 0.182. The predicted molar refractivity (Wildman–Crippen MR) is 75.3 cm³/mol. The van der Waals surface area contributed by atoms with E-state index in [4.69, 9.17) is 11.6 Å². The van der Waals surface area contributed by atoms with E-state index in [2.05, 4.69) is 9.82 Å². The number of nitro groups is 1. The fourth-order valence-corrected chi connectivity index (χ4v) is 3.13. The highest BCUT2D eigenvalue weighted by molar-refractivity contribution is 7.89. The summed E-state index contributed by atoms with van der Waals surface area (Å²) >= 11 is 5.81. The molecule has 1 heterocycles. The molecule has 0 unspecified atom stereocenters. The van der Waals surface area contributed by atoms with Crippen molar-refractivity contribution in [2.24, 2.45) is 7.05 Å². The summed E-state index contributed by atoms with van der Waals surface area (Å²) in [7, 11) is -2.27. The number of nitrogens with zero attached hydrogens (tertiary/aromatic N) is 3. The molecule has 1 aromatic carbocycles. The molecule has 2 rings (SSSR count). The zero-order chi connectivity index (χ0) is 15.6. The number of hydrogen-bond acceptors (Lipinski definition) is 5. The molecule has 0 saturated heterocycles. The summed E-state index contributed by atoms with van der Waals surface area (Å²) in [5.74, 6) is 0. The van der Waals surface area contributed by atoms with Crippen molar-refractivity contribution in [3.63, 3.8) is 0 Å². The van der Waals surface area contributed by atoms with Gasteiger partial charge in [-0.1, -0.05) is 11.6 Å². The Hall–Kier alpha value is -1.97. The van der Waals surface area contributed by atoms with Crippen molar-refractivity contribution >= 4 is 27.3 Å². The lowest BCUT2D eigenvalue weighted by Crippen LogP contribution is -2.24. The number of halogens is 1. The Balaban J connectivity index is 2.26. The third-order valence-electron chi connectivity index (χ3n) is 2.63. The van der Waals surface area contributed by atoms with Crippen molar-refractivity contribution in [1.82, 2.24) is 14.5 Å². The zero-order valence-electron chi connectivity index (χ0n) is 10.9. The molecule has 0 atom stereocenters. The molecule has 0 bridgehead atoms. The van der Waals surface area contributed by atoms with Gasteiger partial charge in [-0.05, 0) is 12.1 Å². The van der Waals surface area contributed by atoms with Gasteiger partial charge in [0, 0.05) is 25.4 Å². The minimum Gasteiger partial charge on any atom is -0.276 e. The molecular weight excluding hydrogens is 320 g/mol. The van der Waals surface area contributed by atoms with Gasteiger partial charge in [0.1, 0.15) is 4.90 Å². The van der Waals surface area contributed by atoms with Crippen LogP contribution < -0.4 is 4.72 Å². The van der Waals surface area contributed by atoms with Crippen LogP contribution in [0, 0.1) is 10.1 Å². The molecule has 8 nitrogen and oxygen atoms in total. The Labute approximate surface area is 125 Å². The second kappa shape index (κ2) is 5.80. The van der Waals surface area contributed by atoms with Crippen LogP contribution in [0.5, 0.6) is 0 Å². The van der Waals surface area contributed by atoms with Crippen molar-refractivity contribution in [3.8, 4) is 0 Å². The molecule has 1 N–H and O–H groups in total. The molecule has 0 aliphatic carbocycles. The third-order valence-corrected chi connectivity index (χ3v) is 4.51. The number of nitrogens with one attached hydrogen (secondary N) is 1. The zero-order valence-corrected chi connectivity index (χ0v) is 12.4. The van der Waals surface area contributed by atoms with Gasteiger partial charge in [0.2, 0.25) is 10.0 Å². The maximum absolute atomic E-state index is 12.2. The molecule has 0 radical (unpaired) electrons. The first-order valence-electron chi connectivity index (χ1n) is 5.72. The van der Waals surface area contributed by atoms with Gasteiger partial charge in [-0.2, -0.15) is 5.10 Å². The van der Waals surface area contributed by atoms with E-state index in [0.29, 0.717) is 5.69 Å². The van der Waals surface area contributed by atoms with Gasteiger partial charge in [0.05, 0.1) is 22.2 Å². The summed E-state index contributed by atoms with van der Waals surface area (Å²) < 4.78 is 28.1. The van der Waals surface area contributed by atoms with Crippen LogP contribution in [0.4, 0.5) is 5.69 Å². The molecule has 0 aliphatic rings. The highest BCUT2D eigenvalue weighted by Crippen LogP contribution is 2.26. The monoisotopic (exact) mass is 330 g/mol. The molecule has 10 heteroatoms. The largest absolute Gasteiger partial charge is 0.276 e. The summed E-state index contributed by atoms with van der Waals surface area (Å²) in [5.41, 5.74) is 0.167. The standard InChI is InChI=1S/C11H11ClN4O4S/c1-15-5-4-8(14-15)7-13-21(19,20)11-6-9(16(17)18)2-3-10(11)12/h2-6,13H,7H2,1H3. The Morgan fingerprint density at radius 1 is 1.43 bits per heavy atom. The summed E-state index contributed by atoms with van der Waals surface area (Å²) in [4.78, 5) is 9.68. The minimum absolute atomic E-state index is 0.0395. The van der Waals surface area contributed by atoms with Gasteiger partial charge in [-0.3, -0.25) is 14.8 Å². The van der Waals surface area contributed by atoms with E-state index in [0.717, 1.165) is 12.1 Å². The molecule has 112 valence electrons. The van der Waals surface area contributed by atoms with Crippen molar-refractivity contribution < 1.29 is 13.3 Å². The maximum atomic E-state index is 12.2. The molecule has 0 saturated carbocycles. The van der Waals surface area contributed by atoms with Gasteiger partial charge in [0.25, 0.3) is 5.69 Å². The smallest absolute Gasteiger partial charge is 0.270 e. The minimum atomic E-state index is -3.97. The molecule has 0 aliphatic heterocycles. The molecule has 0 spiro atoms. The maximum Gasteiger partial charge on any atom is 0.270 e. The van der Waals surface area contributed by atoms with Gasteiger partial charge in [0.15, 0.2) is 0 Å². The lowest BCUT2D eigenvalue weighted by molar-refractivity contribution is -0.385. The second-order valence-corrected chi connectivity index (χ2v) is 6.32. The fourth-order valence-electron chi connectivity index (χ4n) is 1.62. The van der Waals surface area contributed by atoms with E-state index in [-0.39, 0.29) is 22.2 Å². The number of non-ortho nitro benzene ring substituents is 1. The van der Waals surface area contributed by atoms with E-state index in [9.17, 15) is 18.5 Å². The molecule has 2 aromatic rings. The Morgan fingerprint density at radius 3 is 2.71 bits per heavy atom. The summed E-state index contributed by atoms with van der Waals surface area (Å²) in [5, 5.41) is 14.6. The van der Waals surface area contributed by atoms with Crippen molar-refractivity contribution in [1.29, 1.82) is 0 Å². The van der Waals surface area contributed by atoms with E-state index < -0.39 is 14.9 Å². The highest BCUT2D eigenvalue weighted by Gasteiger charge is 2.21. The first-order chi connectivity index (χ1) is 9.79. The summed E-state index contributed by atoms with van der Waals surface area (Å²) in [6.45, 7) is -0.0395. The first kappa shape index (κ1) is 15.4. The predicted octanol–water partition coefficient (Wildman–Crippen LogP) is 1.46. The van der Waals surface area contributed by atoms with Gasteiger partial charge < -0.3 is 0 Å². The second-order valence-electron chi connectivity index (χ2n) is 4.18. The van der Waals surface area contributed by atoms with Crippen LogP contribution in [0.2, 0.25) is 5.02 Å². The number of aryl methyl sites for hydroxylation is 1. The van der Waals surface area contributed by atoms with Crippen LogP contribution in [-0.4, -0.2) is 23.1 Å². The van der Waals surface area contributed by atoms with E-state index in [1.54, 1.807) is 19.3 Å². The van der Waals surface area contributed by atoms with Gasteiger partial charge >= 0.3 is 0 Å². The lowest BCUT2D eigenvalue weighted by Gasteiger charge is -2.07. The summed E-state index contributed by atoms with van der Waals surface area (Å²) in [6, 6.07) is 4.88. The van der Waals surface area contributed by atoms with Crippen molar-refractivity contribution in [3.05, 3.63) is 51.3 Å². The van der Waals surface area contributed by atoms with E-state index in [1.807, 2.05) is 0 Å². The molecule has 21 heavy (non-hydrogen) atoms. The average molecular weight is 331 g/mol. The van der Waals surface area contributed by atoms with Crippen molar-refractivity contribution in [2.45, 2.75) is 11.4 Å². The Kier molecular flexibility index (Phi) is 4.26. The molecule has 0 fully saturated rings. The Bertz CT molecular complexity index is 787. The van der Waals surface area contributed by atoms with Crippen LogP contribution in [0.3, 0.4) is 0 Å². The number of benzene rings is 1. The normalized spacial score (nSPS) is 11.5. The molecule has 1 aromatic heterocycles. The van der Waals surface area contributed by atoms with E-state index in [1.165, 1.54) is 10.7 Å². The quantitative estimate of drug-likeness (QED) is 0.659. The number of rotatable bonds is 5.